The Kier molecular flexibility index (Phi) is 3.97. The van der Waals surface area contributed by atoms with E-state index in [-0.39, 0.29) is 0 Å². The van der Waals surface area contributed by atoms with Gasteiger partial charge >= 0.3 is 0 Å². The highest BCUT2D eigenvalue weighted by atomic mass is 32.2. The Bertz CT molecular complexity index is 534. The third-order valence-corrected chi connectivity index (χ3v) is 5.23. The van der Waals surface area contributed by atoms with E-state index in [1.807, 2.05) is 12.1 Å². The van der Waals surface area contributed by atoms with Crippen molar-refractivity contribution in [2.75, 3.05) is 5.73 Å². The molecule has 0 aliphatic heterocycles. The molecule has 1 atom stereocenters. The predicted molar refractivity (Wildman–Crippen MR) is 74.7 cm³/mol. The normalized spacial score (nSPS) is 12.5. The van der Waals surface area contributed by atoms with Gasteiger partial charge in [-0.25, -0.2) is 0 Å². The molecule has 1 heterocycles. The summed E-state index contributed by atoms with van der Waals surface area (Å²) in [6.45, 7) is 2.13. The maximum absolute atomic E-state index is 12.1. The van der Waals surface area contributed by atoms with Crippen molar-refractivity contribution < 1.29 is 4.21 Å². The Hall–Kier alpha value is -1.13. The largest absolute Gasteiger partial charge is 0.399 e. The van der Waals surface area contributed by atoms with Crippen LogP contribution in [0.3, 0.4) is 0 Å². The smallest absolute Gasteiger partial charge is 0.0626 e. The Labute approximate surface area is 108 Å². The minimum atomic E-state index is -1.00. The maximum Gasteiger partial charge on any atom is 0.0626 e. The monoisotopic (exact) mass is 265 g/mol. The lowest BCUT2D eigenvalue weighted by atomic mass is 10.3. The zero-order valence-corrected chi connectivity index (χ0v) is 11.3. The van der Waals surface area contributed by atoms with E-state index in [0.29, 0.717) is 11.4 Å². The van der Waals surface area contributed by atoms with Crippen LogP contribution in [-0.4, -0.2) is 4.21 Å². The molecule has 2 aromatic rings. The Morgan fingerprint density at radius 2 is 2.00 bits per heavy atom. The van der Waals surface area contributed by atoms with Gasteiger partial charge in [0.15, 0.2) is 0 Å². The van der Waals surface area contributed by atoms with Crippen LogP contribution in [0.5, 0.6) is 0 Å². The van der Waals surface area contributed by atoms with Crippen molar-refractivity contribution in [1.82, 2.24) is 0 Å². The summed E-state index contributed by atoms with van der Waals surface area (Å²) in [4.78, 5) is 3.31. The number of anilines is 1. The third kappa shape index (κ3) is 3.17. The van der Waals surface area contributed by atoms with Crippen LogP contribution < -0.4 is 5.73 Å². The summed E-state index contributed by atoms with van der Waals surface area (Å²) in [5, 5.41) is 0. The number of thiophene rings is 1. The van der Waals surface area contributed by atoms with Gasteiger partial charge in [-0.05, 0) is 36.8 Å². The number of rotatable bonds is 4. The minimum absolute atomic E-state index is 0.578. The molecule has 0 spiro atoms. The second-order valence-electron chi connectivity index (χ2n) is 3.78. The van der Waals surface area contributed by atoms with E-state index in [1.165, 1.54) is 9.75 Å². The van der Waals surface area contributed by atoms with Crippen LogP contribution in [0.1, 0.15) is 16.7 Å². The van der Waals surface area contributed by atoms with E-state index >= 15 is 0 Å². The first-order chi connectivity index (χ1) is 8.19. The highest BCUT2D eigenvalue weighted by Crippen LogP contribution is 2.21. The van der Waals surface area contributed by atoms with Crippen LogP contribution in [0.25, 0.3) is 0 Å². The van der Waals surface area contributed by atoms with Gasteiger partial charge in [0.1, 0.15) is 0 Å². The van der Waals surface area contributed by atoms with Gasteiger partial charge in [0.05, 0.1) is 16.6 Å². The van der Waals surface area contributed by atoms with Crippen molar-refractivity contribution in [3.8, 4) is 0 Å². The van der Waals surface area contributed by atoms with Gasteiger partial charge in [-0.1, -0.05) is 13.0 Å². The fourth-order valence-corrected chi connectivity index (χ4v) is 3.89. The molecule has 0 amide bonds. The third-order valence-electron chi connectivity index (χ3n) is 2.46. The van der Waals surface area contributed by atoms with E-state index in [4.69, 9.17) is 5.73 Å². The zero-order chi connectivity index (χ0) is 12.3. The molecule has 90 valence electrons. The van der Waals surface area contributed by atoms with Crippen molar-refractivity contribution >= 4 is 27.8 Å². The van der Waals surface area contributed by atoms with Crippen LogP contribution in [0.4, 0.5) is 5.69 Å². The fourth-order valence-electron chi connectivity index (χ4n) is 1.56. The van der Waals surface area contributed by atoms with Crippen molar-refractivity contribution in [2.45, 2.75) is 24.0 Å². The van der Waals surface area contributed by atoms with E-state index in [9.17, 15) is 4.21 Å². The van der Waals surface area contributed by atoms with Gasteiger partial charge in [-0.2, -0.15) is 0 Å². The van der Waals surface area contributed by atoms with E-state index in [1.54, 1.807) is 23.5 Å². The molecule has 1 unspecified atom stereocenters. The summed E-state index contributed by atoms with van der Waals surface area (Å²) in [7, 11) is -1.00. The topological polar surface area (TPSA) is 43.1 Å². The summed E-state index contributed by atoms with van der Waals surface area (Å²) in [6.07, 6.45) is 1.04. The molecule has 4 heteroatoms. The van der Waals surface area contributed by atoms with Gasteiger partial charge in [-0.3, -0.25) is 4.21 Å². The number of hydrogen-bond acceptors (Lipinski definition) is 3. The van der Waals surface area contributed by atoms with Crippen LogP contribution in [0.2, 0.25) is 0 Å². The molecule has 2 nitrogen and oxygen atoms in total. The first-order valence-corrected chi connectivity index (χ1v) is 7.64. The summed E-state index contributed by atoms with van der Waals surface area (Å²) in [6, 6.07) is 11.5. The number of nitrogen functional groups attached to an aromatic ring is 1. The lowest BCUT2D eigenvalue weighted by Gasteiger charge is -2.01. The van der Waals surface area contributed by atoms with Crippen molar-refractivity contribution in [2.24, 2.45) is 0 Å². The molecule has 0 fully saturated rings. The van der Waals surface area contributed by atoms with Gasteiger partial charge < -0.3 is 5.73 Å². The molecular weight excluding hydrogens is 250 g/mol. The summed E-state index contributed by atoms with van der Waals surface area (Å²) < 4.78 is 12.1. The first-order valence-electron chi connectivity index (χ1n) is 5.50. The molecular formula is C13H15NOS2. The van der Waals surface area contributed by atoms with Crippen LogP contribution in [0, 0.1) is 0 Å². The highest BCUT2D eigenvalue weighted by Gasteiger charge is 2.07. The molecule has 0 saturated carbocycles. The van der Waals surface area contributed by atoms with Crippen molar-refractivity contribution in [3.05, 3.63) is 46.2 Å². The molecule has 0 bridgehead atoms. The Balaban J connectivity index is 2.11. The van der Waals surface area contributed by atoms with Gasteiger partial charge in [-0.15, -0.1) is 11.3 Å². The predicted octanol–water partition coefficient (Wildman–Crippen LogP) is 3.20. The fraction of sp³-hybridized carbons (Fsp3) is 0.231. The average molecular weight is 265 g/mol. The lowest BCUT2D eigenvalue weighted by Crippen LogP contribution is -1.95. The molecule has 0 aliphatic rings. The molecule has 1 aromatic heterocycles. The number of benzene rings is 1. The average Bonchev–Trinajstić information content (AvgIpc) is 2.77. The maximum atomic E-state index is 12.1. The zero-order valence-electron chi connectivity index (χ0n) is 9.68. The summed E-state index contributed by atoms with van der Waals surface area (Å²) in [5.74, 6) is 0.578. The van der Waals surface area contributed by atoms with Gasteiger partial charge in [0, 0.05) is 20.3 Å². The standard InChI is InChI=1S/C13H15NOS2/c1-2-11-6-7-12(16-11)9-17(15)13-5-3-4-10(14)8-13/h3-8H,2,9,14H2,1H3. The first kappa shape index (κ1) is 12.3. The summed E-state index contributed by atoms with van der Waals surface area (Å²) in [5.41, 5.74) is 6.35. The van der Waals surface area contributed by atoms with Gasteiger partial charge in [0.2, 0.25) is 0 Å². The molecule has 17 heavy (non-hydrogen) atoms. The highest BCUT2D eigenvalue weighted by molar-refractivity contribution is 7.84. The number of aryl methyl sites for hydroxylation is 1. The van der Waals surface area contributed by atoms with Gasteiger partial charge in [0.25, 0.3) is 0 Å². The molecule has 2 N–H and O–H groups in total. The second-order valence-corrected chi connectivity index (χ2v) is 6.49. The minimum Gasteiger partial charge on any atom is -0.399 e. The van der Waals surface area contributed by atoms with Crippen LogP contribution in [0.15, 0.2) is 41.3 Å². The molecule has 0 saturated heterocycles. The van der Waals surface area contributed by atoms with Crippen molar-refractivity contribution in [1.29, 1.82) is 0 Å². The quantitative estimate of drug-likeness (QED) is 0.863. The van der Waals surface area contributed by atoms with E-state index < -0.39 is 10.8 Å². The lowest BCUT2D eigenvalue weighted by molar-refractivity contribution is 0.683. The molecule has 2 rings (SSSR count). The molecule has 0 radical (unpaired) electrons. The Morgan fingerprint density at radius 1 is 1.24 bits per heavy atom. The van der Waals surface area contributed by atoms with Crippen LogP contribution in [-0.2, 0) is 23.0 Å². The second kappa shape index (κ2) is 5.47. The van der Waals surface area contributed by atoms with Crippen molar-refractivity contribution in [3.63, 3.8) is 0 Å². The number of nitrogens with two attached hydrogens (primary N) is 1. The summed E-state index contributed by atoms with van der Waals surface area (Å²) >= 11 is 1.74. The van der Waals surface area contributed by atoms with E-state index in [0.717, 1.165) is 11.3 Å². The SMILES string of the molecule is CCc1ccc(CS(=O)c2cccc(N)c2)s1. The van der Waals surface area contributed by atoms with E-state index in [2.05, 4.69) is 19.1 Å². The Morgan fingerprint density at radius 3 is 2.65 bits per heavy atom. The molecule has 1 aromatic carbocycles. The number of hydrogen-bond donors (Lipinski definition) is 1. The molecule has 0 aliphatic carbocycles. The van der Waals surface area contributed by atoms with Crippen LogP contribution >= 0.6 is 11.3 Å².